The second-order valence-electron chi connectivity index (χ2n) is 24.1. The largest absolute Gasteiger partial charge is 0.479 e. The Bertz CT molecular complexity index is 2560. The van der Waals surface area contributed by atoms with Gasteiger partial charge in [-0.1, -0.05) is 49.9 Å². The second kappa shape index (κ2) is 30.1. The molecule has 466 valence electrons. The average molecular weight is 1180 g/mol. The smallest absolute Gasteiger partial charge is 0.344 e. The van der Waals surface area contributed by atoms with Crippen molar-refractivity contribution in [3.05, 3.63) is 59.7 Å². The number of rotatable bonds is 31. The highest BCUT2D eigenvalue weighted by molar-refractivity contribution is 5.93. The minimum absolute atomic E-state index is 0.0443. The maximum atomic E-state index is 15.9. The number of nitrogens with zero attached hydrogens (tertiary/aromatic N) is 5. The minimum atomic E-state index is -2.12. The van der Waals surface area contributed by atoms with Crippen molar-refractivity contribution in [3.8, 4) is 0 Å². The van der Waals surface area contributed by atoms with Crippen LogP contribution in [0.4, 0.5) is 20.2 Å². The molecule has 0 bridgehead atoms. The number of ether oxygens (including phenoxy) is 6. The van der Waals surface area contributed by atoms with Crippen molar-refractivity contribution in [3.63, 3.8) is 0 Å². The number of alkyl halides is 2. The predicted molar refractivity (Wildman–Crippen MR) is 306 cm³/mol. The SMILES string of the molecule is CN[C@@H](CC(C)(C)F)C(=O)O[C@H](Cc1ccc(N2CCOCC2)cc1)C(=O)N(C)[C@@H](CCC1CC1)C(=O)O[C@H](C)C(=O)N(C)[C@@H](CC(C)(C)F)C(=O)O[C@H](Cc1ccc(N2CCOCC2)cc1)C(=O)N(C)[C@@H](CC1CC1)C(=O)O[C@H](C)C(=O)O. The van der Waals surface area contributed by atoms with Crippen LogP contribution < -0.4 is 15.1 Å². The number of aliphatic carboxylic acids is 1. The number of carbonyl (C=O) groups excluding carboxylic acids is 7. The molecule has 2 N–H and O–H groups in total. The first-order chi connectivity index (χ1) is 39.6. The fourth-order valence-electron chi connectivity index (χ4n) is 10.3. The van der Waals surface area contributed by atoms with Crippen molar-refractivity contribution in [1.82, 2.24) is 20.0 Å². The molecule has 0 unspecified atom stereocenters. The fourth-order valence-corrected chi connectivity index (χ4v) is 10.3. The van der Waals surface area contributed by atoms with Crippen LogP contribution in [0.3, 0.4) is 0 Å². The van der Waals surface area contributed by atoms with Gasteiger partial charge >= 0.3 is 29.8 Å². The molecule has 0 aromatic heterocycles. The van der Waals surface area contributed by atoms with Gasteiger partial charge in [0.2, 0.25) is 0 Å². The molecule has 2 aromatic rings. The van der Waals surface area contributed by atoms with E-state index in [0.717, 1.165) is 51.8 Å². The van der Waals surface area contributed by atoms with Gasteiger partial charge < -0.3 is 63.3 Å². The summed E-state index contributed by atoms with van der Waals surface area (Å²) < 4.78 is 64.9. The van der Waals surface area contributed by atoms with Crippen molar-refractivity contribution in [2.24, 2.45) is 11.8 Å². The number of amides is 3. The molecule has 23 heteroatoms. The molecule has 6 rings (SSSR count). The molecule has 0 radical (unpaired) electrons. The Balaban J connectivity index is 1.23. The molecule has 3 amide bonds. The van der Waals surface area contributed by atoms with Crippen molar-refractivity contribution in [1.29, 1.82) is 0 Å². The lowest BCUT2D eigenvalue weighted by atomic mass is 9.99. The average Bonchev–Trinajstić information content (AvgIpc) is 4.58. The van der Waals surface area contributed by atoms with E-state index in [4.69, 9.17) is 28.4 Å². The quantitative estimate of drug-likeness (QED) is 0.0724. The minimum Gasteiger partial charge on any atom is -0.479 e. The van der Waals surface area contributed by atoms with E-state index in [2.05, 4.69) is 15.1 Å². The van der Waals surface area contributed by atoms with Crippen LogP contribution in [0.2, 0.25) is 0 Å². The van der Waals surface area contributed by atoms with Crippen LogP contribution in [0.15, 0.2) is 48.5 Å². The first kappa shape index (κ1) is 66.7. The van der Waals surface area contributed by atoms with E-state index in [1.54, 1.807) is 12.1 Å². The zero-order valence-electron chi connectivity index (χ0n) is 50.5. The summed E-state index contributed by atoms with van der Waals surface area (Å²) in [5.41, 5.74) is -0.906. The molecule has 8 atom stereocenters. The lowest BCUT2D eigenvalue weighted by Crippen LogP contribution is -2.54. The Morgan fingerprint density at radius 1 is 0.583 bits per heavy atom. The second-order valence-corrected chi connectivity index (χ2v) is 24.1. The van der Waals surface area contributed by atoms with Gasteiger partial charge in [-0.05, 0) is 115 Å². The van der Waals surface area contributed by atoms with Gasteiger partial charge in [-0.15, -0.1) is 0 Å². The van der Waals surface area contributed by atoms with Crippen molar-refractivity contribution in [2.45, 2.75) is 172 Å². The van der Waals surface area contributed by atoms with Gasteiger partial charge in [0, 0.05) is 84.4 Å². The number of carbonyl (C=O) groups is 8. The highest BCUT2D eigenvalue weighted by atomic mass is 19.1. The molecule has 21 nitrogen and oxygen atoms in total. The molecular formula is C61H88F2N6O15. The normalized spacial score (nSPS) is 18.6. The zero-order chi connectivity index (χ0) is 61.6. The lowest BCUT2D eigenvalue weighted by molar-refractivity contribution is -0.175. The first-order valence-electron chi connectivity index (χ1n) is 29.4. The van der Waals surface area contributed by atoms with Gasteiger partial charge in [-0.3, -0.25) is 19.2 Å². The van der Waals surface area contributed by atoms with Gasteiger partial charge in [0.15, 0.2) is 24.4 Å². The molecule has 0 spiro atoms. The number of hydrogen-bond acceptors (Lipinski definition) is 17. The highest BCUT2D eigenvalue weighted by Crippen LogP contribution is 2.36. The lowest BCUT2D eigenvalue weighted by Gasteiger charge is -2.34. The standard InChI is InChI=1S/C61H88F2N6O15/c1-38(81-57(76)47(24-19-40-11-12-40)65(8)53(71)50(83-56(75)46(64-7)36-60(3,4)62)34-42-15-20-44(21-16-42)68-25-29-79-30-26-68)52(70)67(10)49(37-61(5,6)63)59(78)84-51(35-43-17-22-45(23-18-43)69-27-31-80-32-28-69)54(72)66(9)48(33-41-13-14-41)58(77)82-39(2)55(73)74/h15-18,20-23,38-41,46-51,64H,11-14,19,24-37H2,1-10H3,(H,73,74)/t38-,39-,46+,47+,48+,49+,50-,51-/m1/s1. The number of morpholine rings is 2. The summed E-state index contributed by atoms with van der Waals surface area (Å²) in [6.07, 6.45) is -3.44. The van der Waals surface area contributed by atoms with E-state index in [1.165, 1.54) is 69.7 Å². The van der Waals surface area contributed by atoms with Crippen LogP contribution in [0.1, 0.15) is 110 Å². The van der Waals surface area contributed by atoms with Gasteiger partial charge in [0.25, 0.3) is 17.7 Å². The molecule has 2 aromatic carbocycles. The van der Waals surface area contributed by atoms with E-state index in [1.807, 2.05) is 36.4 Å². The number of benzene rings is 2. The Morgan fingerprint density at radius 2 is 0.988 bits per heavy atom. The van der Waals surface area contributed by atoms with E-state index in [-0.39, 0.29) is 43.9 Å². The van der Waals surface area contributed by atoms with Crippen LogP contribution in [0.25, 0.3) is 0 Å². The monoisotopic (exact) mass is 1180 g/mol. The predicted octanol–water partition coefficient (Wildman–Crippen LogP) is 5.25. The number of likely N-dealkylation sites (N-methyl/N-ethyl adjacent to an activating group) is 4. The Labute approximate surface area is 492 Å². The van der Waals surface area contributed by atoms with Crippen molar-refractivity contribution in [2.75, 3.05) is 90.6 Å². The van der Waals surface area contributed by atoms with Crippen LogP contribution in [0.5, 0.6) is 0 Å². The van der Waals surface area contributed by atoms with Crippen LogP contribution in [-0.2, 0) is 79.6 Å². The zero-order valence-corrected chi connectivity index (χ0v) is 50.5. The third-order valence-electron chi connectivity index (χ3n) is 15.9. The number of nitrogens with one attached hydrogen (secondary N) is 1. The van der Waals surface area contributed by atoms with Gasteiger partial charge in [0.1, 0.15) is 35.5 Å². The van der Waals surface area contributed by atoms with E-state index in [0.29, 0.717) is 70.2 Å². The van der Waals surface area contributed by atoms with Crippen LogP contribution in [-0.4, -0.2) is 208 Å². The third kappa shape index (κ3) is 20.1. The van der Waals surface area contributed by atoms with Gasteiger partial charge in [0.05, 0.1) is 26.4 Å². The molecule has 2 saturated carbocycles. The molecule has 84 heavy (non-hydrogen) atoms. The first-order valence-corrected chi connectivity index (χ1v) is 29.4. The summed E-state index contributed by atoms with van der Waals surface area (Å²) in [4.78, 5) is 120. The number of hydrogen-bond donors (Lipinski definition) is 2. The summed E-state index contributed by atoms with van der Waals surface area (Å²) in [7, 11) is 5.39. The number of halogens is 2. The molecule has 2 heterocycles. The number of esters is 4. The van der Waals surface area contributed by atoms with Crippen molar-refractivity contribution < 1.29 is 80.7 Å². The Kier molecular flexibility index (Phi) is 23.9. The van der Waals surface area contributed by atoms with Gasteiger partial charge in [-0.2, -0.15) is 0 Å². The molecule has 4 fully saturated rings. The number of carboxylic acid groups (broad SMARTS) is 1. The summed E-state index contributed by atoms with van der Waals surface area (Å²) in [5, 5.41) is 12.3. The van der Waals surface area contributed by atoms with Crippen LogP contribution in [0, 0.1) is 11.8 Å². The summed E-state index contributed by atoms with van der Waals surface area (Å²) in [5.74, 6) is -7.65. The molecular weight excluding hydrogens is 1090 g/mol. The van der Waals surface area contributed by atoms with Crippen LogP contribution >= 0.6 is 0 Å². The number of anilines is 2. The third-order valence-corrected chi connectivity index (χ3v) is 15.9. The van der Waals surface area contributed by atoms with E-state index >= 15 is 4.39 Å². The van der Waals surface area contributed by atoms with E-state index < -0.39 is 114 Å². The summed E-state index contributed by atoms with van der Waals surface area (Å²) in [6, 6.07) is 9.20. The fraction of sp³-hybridized carbons (Fsp3) is 0.672. The van der Waals surface area contributed by atoms with Crippen molar-refractivity contribution >= 4 is 58.9 Å². The Hall–Kier alpha value is -6.46. The van der Waals surface area contributed by atoms with E-state index in [9.17, 15) is 47.9 Å². The molecule has 2 aliphatic carbocycles. The van der Waals surface area contributed by atoms with Gasteiger partial charge in [-0.25, -0.2) is 28.0 Å². The topological polar surface area (TPSA) is 240 Å². The molecule has 2 aliphatic heterocycles. The summed E-state index contributed by atoms with van der Waals surface area (Å²) in [6.45, 7) is 12.4. The maximum absolute atomic E-state index is 15.9. The summed E-state index contributed by atoms with van der Waals surface area (Å²) >= 11 is 0. The molecule has 2 saturated heterocycles. The number of carboxylic acids is 1. The highest BCUT2D eigenvalue weighted by Gasteiger charge is 2.44. The maximum Gasteiger partial charge on any atom is 0.344 e. The Morgan fingerprint density at radius 3 is 1.42 bits per heavy atom. The molecule has 4 aliphatic rings.